The van der Waals surface area contributed by atoms with Crippen molar-refractivity contribution in [2.45, 2.75) is 11.9 Å². The molecule has 0 saturated carbocycles. The fourth-order valence-electron chi connectivity index (χ4n) is 0.877. The summed E-state index contributed by atoms with van der Waals surface area (Å²) in [5.74, 6) is -3.06. The van der Waals surface area contributed by atoms with Gasteiger partial charge in [-0.3, -0.25) is 0 Å². The summed E-state index contributed by atoms with van der Waals surface area (Å²) in [5, 5.41) is 8.13. The van der Waals surface area contributed by atoms with E-state index in [1.54, 1.807) is 0 Å². The van der Waals surface area contributed by atoms with Gasteiger partial charge in [-0.25, -0.2) is 0 Å². The Labute approximate surface area is 101 Å². The van der Waals surface area contributed by atoms with E-state index in [1.807, 2.05) is 0 Å². The first-order chi connectivity index (χ1) is 7.63. The van der Waals surface area contributed by atoms with Crippen LogP contribution in [0.15, 0.2) is 0 Å². The van der Waals surface area contributed by atoms with Gasteiger partial charge in [0, 0.05) is 13.0 Å². The molecule has 0 aromatic carbocycles. The van der Waals surface area contributed by atoms with Gasteiger partial charge in [-0.2, -0.15) is 0 Å². The largest absolute Gasteiger partial charge is 0.396 e. The van der Waals surface area contributed by atoms with Crippen molar-refractivity contribution in [3.63, 3.8) is 0 Å². The number of halogens is 10. The fourth-order valence-corrected chi connectivity index (χ4v) is 2.19. The van der Waals surface area contributed by atoms with Gasteiger partial charge in [-0.1, -0.05) is 38.9 Å². The first kappa shape index (κ1) is 18.9. The normalized spacial score (nSPS) is 22.9. The summed E-state index contributed by atoms with van der Waals surface area (Å²) in [4.78, 5) is 0. The zero-order valence-corrected chi connectivity index (χ0v) is 10.5. The lowest BCUT2D eigenvalue weighted by atomic mass is 10.5. The molecular weight excluding hydrogens is 346 g/mol. The number of hydrogen-bond donors (Lipinski definition) is 1. The predicted octanol–water partition coefficient (Wildman–Crippen LogP) is 5.31. The molecule has 1 atom stereocenters. The molecule has 1 unspecified atom stereocenters. The Morgan fingerprint density at radius 1 is 0.842 bits per heavy atom. The van der Waals surface area contributed by atoms with E-state index >= 15 is 0 Å². The van der Waals surface area contributed by atoms with E-state index in [0.717, 1.165) is 0 Å². The van der Waals surface area contributed by atoms with Crippen molar-refractivity contribution in [1.82, 2.24) is 0 Å². The SMILES string of the molecule is OCCC(OCCS(F)(F)(F)(F)F)S(F)(F)(F)(F)F. The summed E-state index contributed by atoms with van der Waals surface area (Å²) >= 11 is 0. The Balaban J connectivity index is 4.88. The number of ether oxygens (including phenoxy) is 1. The molecule has 19 heavy (non-hydrogen) atoms. The number of hydrogen-bond acceptors (Lipinski definition) is 2. The average Bonchev–Trinajstić information content (AvgIpc) is 1.93. The van der Waals surface area contributed by atoms with E-state index in [-0.39, 0.29) is 0 Å². The molecule has 0 aliphatic heterocycles. The number of aliphatic hydroxyl groups is 1. The monoisotopic (exact) mass is 356 g/mol. The van der Waals surface area contributed by atoms with Crippen LogP contribution in [0.5, 0.6) is 0 Å². The van der Waals surface area contributed by atoms with Crippen molar-refractivity contribution in [3.05, 3.63) is 0 Å². The van der Waals surface area contributed by atoms with Crippen LogP contribution >= 0.6 is 20.4 Å². The smallest absolute Gasteiger partial charge is 0.309 e. The van der Waals surface area contributed by atoms with Gasteiger partial charge < -0.3 is 9.84 Å². The Morgan fingerprint density at radius 3 is 1.53 bits per heavy atom. The van der Waals surface area contributed by atoms with Crippen LogP contribution in [0.25, 0.3) is 0 Å². The minimum atomic E-state index is -10.3. The Kier molecular flexibility index (Phi) is 3.55. The zero-order chi connectivity index (χ0) is 15.9. The van der Waals surface area contributed by atoms with Gasteiger partial charge in [0.1, 0.15) is 5.75 Å². The number of aliphatic hydroxyl groups excluding tert-OH is 1. The van der Waals surface area contributed by atoms with E-state index in [0.29, 0.717) is 0 Å². The van der Waals surface area contributed by atoms with Crippen LogP contribution in [0.4, 0.5) is 38.9 Å². The van der Waals surface area contributed by atoms with E-state index in [1.165, 1.54) is 0 Å². The molecule has 0 aliphatic rings. The van der Waals surface area contributed by atoms with Crippen molar-refractivity contribution < 1.29 is 48.7 Å². The maximum absolute atomic E-state index is 12.2. The molecule has 0 aromatic rings. The van der Waals surface area contributed by atoms with Crippen LogP contribution in [-0.2, 0) is 4.74 Å². The lowest BCUT2D eigenvalue weighted by molar-refractivity contribution is 0.0628. The summed E-state index contributed by atoms with van der Waals surface area (Å²) in [6, 6.07) is 0. The van der Waals surface area contributed by atoms with Crippen LogP contribution in [0.1, 0.15) is 6.42 Å². The second-order valence-corrected chi connectivity index (χ2v) is 8.92. The summed E-state index contributed by atoms with van der Waals surface area (Å²) in [6.45, 7) is -3.75. The topological polar surface area (TPSA) is 29.5 Å². The van der Waals surface area contributed by atoms with Crippen molar-refractivity contribution in [2.75, 3.05) is 19.0 Å². The molecule has 0 saturated heterocycles. The third kappa shape index (κ3) is 9.45. The molecule has 0 rings (SSSR count). The van der Waals surface area contributed by atoms with Crippen molar-refractivity contribution >= 4 is 20.4 Å². The van der Waals surface area contributed by atoms with Crippen LogP contribution in [-0.4, -0.2) is 29.5 Å². The van der Waals surface area contributed by atoms with Crippen molar-refractivity contribution in [1.29, 1.82) is 0 Å². The first-order valence-corrected chi connectivity index (χ1v) is 8.45. The quantitative estimate of drug-likeness (QED) is 0.627. The summed E-state index contributed by atoms with van der Waals surface area (Å²) in [5.41, 5.74) is -4.01. The second kappa shape index (κ2) is 3.57. The lowest BCUT2D eigenvalue weighted by Crippen LogP contribution is -2.31. The van der Waals surface area contributed by atoms with E-state index in [4.69, 9.17) is 5.11 Å². The molecule has 0 radical (unpaired) electrons. The van der Waals surface area contributed by atoms with Gasteiger partial charge in [0.2, 0.25) is 0 Å². The predicted molar refractivity (Wildman–Crippen MR) is 52.6 cm³/mol. The maximum atomic E-state index is 12.2. The van der Waals surface area contributed by atoms with E-state index < -0.39 is 51.3 Å². The van der Waals surface area contributed by atoms with Gasteiger partial charge in [-0.05, 0) is 0 Å². The van der Waals surface area contributed by atoms with E-state index in [9.17, 15) is 38.9 Å². The van der Waals surface area contributed by atoms with Crippen LogP contribution in [0, 0.1) is 0 Å². The minimum absolute atomic E-state index is 1.47. The standard InChI is InChI=1S/C5H10F10O2S2/c6-18(7,8,9,10)4-3-17-5(1-2-16)19(11,12,13,14)15/h5,16H,1-4H2. The highest BCUT2D eigenvalue weighted by Crippen LogP contribution is 3.01. The molecular formula is C5H10F10O2S2. The lowest BCUT2D eigenvalue weighted by Gasteiger charge is -2.47. The third-order valence-electron chi connectivity index (χ3n) is 1.63. The second-order valence-electron chi connectivity index (χ2n) is 3.67. The van der Waals surface area contributed by atoms with Gasteiger partial charge in [0.25, 0.3) is 10.2 Å². The minimum Gasteiger partial charge on any atom is -0.396 e. The van der Waals surface area contributed by atoms with Gasteiger partial charge >= 0.3 is 10.2 Å². The molecule has 0 spiro atoms. The van der Waals surface area contributed by atoms with Gasteiger partial charge in [0.05, 0.1) is 6.61 Å². The molecule has 0 fully saturated rings. The molecule has 0 aromatic heterocycles. The molecule has 0 bridgehead atoms. The molecule has 0 amide bonds. The Bertz CT molecular complexity index is 341. The summed E-state index contributed by atoms with van der Waals surface area (Å²) < 4.78 is 123. The first-order valence-electron chi connectivity index (χ1n) is 4.32. The molecule has 2 nitrogen and oxygen atoms in total. The highest BCUT2D eigenvalue weighted by Gasteiger charge is 2.71. The Morgan fingerprint density at radius 2 is 1.26 bits per heavy atom. The molecule has 14 heteroatoms. The average molecular weight is 356 g/mol. The third-order valence-corrected chi connectivity index (χ3v) is 3.94. The van der Waals surface area contributed by atoms with Crippen LogP contribution in [0.2, 0.25) is 0 Å². The fraction of sp³-hybridized carbons (Fsp3) is 1.00. The van der Waals surface area contributed by atoms with Crippen molar-refractivity contribution in [2.24, 2.45) is 0 Å². The molecule has 124 valence electrons. The maximum Gasteiger partial charge on any atom is 0.309 e. The van der Waals surface area contributed by atoms with Gasteiger partial charge in [0.15, 0.2) is 5.44 Å². The van der Waals surface area contributed by atoms with Crippen molar-refractivity contribution in [3.8, 4) is 0 Å². The molecule has 0 heterocycles. The zero-order valence-electron chi connectivity index (χ0n) is 8.86. The molecule has 0 aliphatic carbocycles. The van der Waals surface area contributed by atoms with Crippen LogP contribution in [0.3, 0.4) is 0 Å². The van der Waals surface area contributed by atoms with E-state index in [2.05, 4.69) is 4.74 Å². The summed E-state index contributed by atoms with van der Waals surface area (Å²) in [6.07, 6.45) is -1.75. The summed E-state index contributed by atoms with van der Waals surface area (Å²) in [7, 11) is -20.4. The highest BCUT2D eigenvalue weighted by molar-refractivity contribution is 8.46. The number of rotatable bonds is 7. The molecule has 1 N–H and O–H groups in total. The van der Waals surface area contributed by atoms with Gasteiger partial charge in [-0.15, -0.1) is 0 Å². The highest BCUT2D eigenvalue weighted by atomic mass is 32.5. The Hall–Kier alpha value is -0.0800. The van der Waals surface area contributed by atoms with Crippen LogP contribution < -0.4 is 0 Å².